The highest BCUT2D eigenvalue weighted by Gasteiger charge is 2.27. The highest BCUT2D eigenvalue weighted by molar-refractivity contribution is 14.1. The van der Waals surface area contributed by atoms with Crippen molar-refractivity contribution in [3.63, 3.8) is 0 Å². The molecule has 0 unspecified atom stereocenters. The number of anilines is 2. The molecule has 1 N–H and O–H groups in total. The first-order chi connectivity index (χ1) is 16.3. The number of rotatable bonds is 9. The van der Waals surface area contributed by atoms with Crippen LogP contribution in [0.5, 0.6) is 0 Å². The second-order valence-electron chi connectivity index (χ2n) is 7.37. The van der Waals surface area contributed by atoms with Crippen molar-refractivity contribution in [1.29, 1.82) is 0 Å². The zero-order valence-corrected chi connectivity index (χ0v) is 21.9. The summed E-state index contributed by atoms with van der Waals surface area (Å²) >= 11 is 2.13. The van der Waals surface area contributed by atoms with Crippen molar-refractivity contribution >= 4 is 55.8 Å². The summed E-state index contributed by atoms with van der Waals surface area (Å²) in [5.74, 6) is -0.759. The van der Waals surface area contributed by atoms with Crippen LogP contribution in [0, 0.1) is 3.57 Å². The predicted molar refractivity (Wildman–Crippen MR) is 142 cm³/mol. The molecule has 3 rings (SSSR count). The number of nitrogens with zero attached hydrogens (tertiary/aromatic N) is 2. The van der Waals surface area contributed by atoms with Gasteiger partial charge in [0.1, 0.15) is 6.54 Å². The van der Waals surface area contributed by atoms with Gasteiger partial charge in [-0.1, -0.05) is 30.3 Å². The van der Waals surface area contributed by atoms with Gasteiger partial charge in [0, 0.05) is 16.7 Å². The Labute approximate surface area is 214 Å². The third-order valence-corrected chi connectivity index (χ3v) is 7.72. The average molecular weight is 591 g/mol. The summed E-state index contributed by atoms with van der Waals surface area (Å²) in [6.45, 7) is 4.39. The Hall–Kier alpha value is -2.92. The summed E-state index contributed by atoms with van der Waals surface area (Å²) in [5, 5.41) is 2.74. The van der Waals surface area contributed by atoms with Gasteiger partial charge in [-0.2, -0.15) is 0 Å². The number of para-hydroxylation sites is 1. The zero-order valence-electron chi connectivity index (χ0n) is 18.9. The summed E-state index contributed by atoms with van der Waals surface area (Å²) in [6, 6.07) is 21.6. The molecule has 0 saturated carbocycles. The lowest BCUT2D eigenvalue weighted by atomic mass is 10.1. The van der Waals surface area contributed by atoms with Crippen LogP contribution >= 0.6 is 22.6 Å². The molecule has 9 heteroatoms. The molecular weight excluding hydrogens is 565 g/mol. The van der Waals surface area contributed by atoms with Crippen molar-refractivity contribution in [3.8, 4) is 0 Å². The second-order valence-corrected chi connectivity index (χ2v) is 10.5. The fourth-order valence-corrected chi connectivity index (χ4v) is 5.22. The molecule has 0 aromatic heterocycles. The molecule has 0 aliphatic carbocycles. The van der Waals surface area contributed by atoms with Crippen molar-refractivity contribution in [2.45, 2.75) is 18.7 Å². The largest absolute Gasteiger partial charge is 0.339 e. The molecule has 0 bridgehead atoms. The smallest absolute Gasteiger partial charge is 0.264 e. The third-order valence-electron chi connectivity index (χ3n) is 5.22. The van der Waals surface area contributed by atoms with Gasteiger partial charge in [-0.15, -0.1) is 0 Å². The van der Waals surface area contributed by atoms with Gasteiger partial charge in [0.05, 0.1) is 21.8 Å². The first-order valence-electron chi connectivity index (χ1n) is 10.8. The fourth-order valence-electron chi connectivity index (χ4n) is 3.42. The van der Waals surface area contributed by atoms with Gasteiger partial charge in [-0.25, -0.2) is 8.42 Å². The average Bonchev–Trinajstić information content (AvgIpc) is 2.84. The molecular formula is C25H26IN3O4S. The van der Waals surface area contributed by atoms with Gasteiger partial charge in [0.25, 0.3) is 15.9 Å². The number of hydrogen-bond acceptors (Lipinski definition) is 4. The maximum atomic E-state index is 13.4. The van der Waals surface area contributed by atoms with E-state index >= 15 is 0 Å². The normalized spacial score (nSPS) is 11.0. The van der Waals surface area contributed by atoms with E-state index in [-0.39, 0.29) is 10.8 Å². The number of amides is 2. The SMILES string of the molecule is CCN(CC)C(=O)c1ccccc1NC(=O)CN(c1ccc(I)cc1)S(=O)(=O)c1ccccc1. The molecule has 0 spiro atoms. The van der Waals surface area contributed by atoms with Crippen molar-refractivity contribution in [3.05, 3.63) is 88.0 Å². The molecule has 0 saturated heterocycles. The third kappa shape index (κ3) is 5.95. The van der Waals surface area contributed by atoms with E-state index in [2.05, 4.69) is 27.9 Å². The highest BCUT2D eigenvalue weighted by Crippen LogP contribution is 2.25. The van der Waals surface area contributed by atoms with Crippen molar-refractivity contribution in [2.75, 3.05) is 29.3 Å². The number of halogens is 1. The first-order valence-corrected chi connectivity index (χ1v) is 13.3. The minimum absolute atomic E-state index is 0.0819. The van der Waals surface area contributed by atoms with E-state index in [4.69, 9.17) is 0 Å². The van der Waals surface area contributed by atoms with Crippen LogP contribution in [0.2, 0.25) is 0 Å². The minimum atomic E-state index is -4.01. The molecule has 0 aliphatic rings. The van der Waals surface area contributed by atoms with E-state index in [9.17, 15) is 18.0 Å². The number of benzene rings is 3. The molecule has 3 aromatic carbocycles. The van der Waals surface area contributed by atoms with Gasteiger partial charge in [0.2, 0.25) is 5.91 Å². The van der Waals surface area contributed by atoms with Crippen LogP contribution in [0.3, 0.4) is 0 Å². The Kier molecular flexibility index (Phi) is 8.67. The zero-order chi connectivity index (χ0) is 24.7. The summed E-state index contributed by atoms with van der Waals surface area (Å²) in [4.78, 5) is 27.7. The molecule has 3 aromatic rings. The minimum Gasteiger partial charge on any atom is -0.339 e. The van der Waals surface area contributed by atoms with Gasteiger partial charge in [-0.05, 0) is 85.0 Å². The molecule has 0 aliphatic heterocycles. The van der Waals surface area contributed by atoms with Gasteiger partial charge < -0.3 is 10.2 Å². The summed E-state index contributed by atoms with van der Waals surface area (Å²) in [7, 11) is -4.01. The van der Waals surface area contributed by atoms with E-state index in [1.165, 1.54) is 12.1 Å². The van der Waals surface area contributed by atoms with Crippen LogP contribution in [0.4, 0.5) is 11.4 Å². The maximum absolute atomic E-state index is 13.4. The highest BCUT2D eigenvalue weighted by atomic mass is 127. The van der Waals surface area contributed by atoms with Crippen LogP contribution in [-0.4, -0.2) is 44.8 Å². The van der Waals surface area contributed by atoms with Crippen molar-refractivity contribution in [2.24, 2.45) is 0 Å². The Bertz CT molecular complexity index is 1240. The second kappa shape index (κ2) is 11.5. The quantitative estimate of drug-likeness (QED) is 0.369. The Morgan fingerprint density at radius 2 is 1.44 bits per heavy atom. The van der Waals surface area contributed by atoms with E-state index in [0.29, 0.717) is 30.0 Å². The van der Waals surface area contributed by atoms with Crippen LogP contribution in [0.1, 0.15) is 24.2 Å². The molecule has 0 atom stereocenters. The number of nitrogens with one attached hydrogen (secondary N) is 1. The maximum Gasteiger partial charge on any atom is 0.264 e. The van der Waals surface area contributed by atoms with E-state index < -0.39 is 22.5 Å². The predicted octanol–water partition coefficient (Wildman–Crippen LogP) is 4.61. The first kappa shape index (κ1) is 25.7. The lowest BCUT2D eigenvalue weighted by Crippen LogP contribution is -2.38. The van der Waals surface area contributed by atoms with E-state index in [0.717, 1.165) is 7.88 Å². The van der Waals surface area contributed by atoms with Crippen molar-refractivity contribution < 1.29 is 18.0 Å². The molecule has 178 valence electrons. The number of carbonyl (C=O) groups excluding carboxylic acids is 2. The monoisotopic (exact) mass is 591 g/mol. The Morgan fingerprint density at radius 1 is 0.853 bits per heavy atom. The van der Waals surface area contributed by atoms with Crippen LogP contribution in [0.15, 0.2) is 83.8 Å². The van der Waals surface area contributed by atoms with Gasteiger partial charge in [-0.3, -0.25) is 13.9 Å². The lowest BCUT2D eigenvalue weighted by molar-refractivity contribution is -0.114. The van der Waals surface area contributed by atoms with Gasteiger partial charge in [0.15, 0.2) is 0 Å². The molecule has 0 heterocycles. The summed E-state index contributed by atoms with van der Waals surface area (Å²) in [6.07, 6.45) is 0. The molecule has 2 amide bonds. The number of carbonyl (C=O) groups is 2. The van der Waals surface area contributed by atoms with Crippen LogP contribution in [-0.2, 0) is 14.8 Å². The fraction of sp³-hybridized carbons (Fsp3) is 0.200. The Balaban J connectivity index is 1.92. The summed E-state index contributed by atoms with van der Waals surface area (Å²) < 4.78 is 28.9. The molecule has 0 fully saturated rings. The Morgan fingerprint density at radius 3 is 2.06 bits per heavy atom. The number of sulfonamides is 1. The van der Waals surface area contributed by atoms with Crippen molar-refractivity contribution in [1.82, 2.24) is 4.90 Å². The summed E-state index contributed by atoms with van der Waals surface area (Å²) in [5.41, 5.74) is 1.06. The lowest BCUT2D eigenvalue weighted by Gasteiger charge is -2.25. The molecule has 34 heavy (non-hydrogen) atoms. The van der Waals surface area contributed by atoms with Crippen LogP contribution < -0.4 is 9.62 Å². The number of hydrogen-bond donors (Lipinski definition) is 1. The molecule has 7 nitrogen and oxygen atoms in total. The molecule has 0 radical (unpaired) electrons. The van der Waals surface area contributed by atoms with Crippen LogP contribution in [0.25, 0.3) is 0 Å². The standard InChI is InChI=1S/C25H26IN3O4S/c1-3-28(4-2)25(31)22-12-8-9-13-23(22)27-24(30)18-29(20-16-14-19(26)15-17-20)34(32,33)21-10-6-5-7-11-21/h5-17H,3-4,18H2,1-2H3,(H,27,30). The van der Waals surface area contributed by atoms with E-state index in [1.54, 1.807) is 71.6 Å². The van der Waals surface area contributed by atoms with E-state index in [1.807, 2.05) is 13.8 Å². The van der Waals surface area contributed by atoms with Gasteiger partial charge >= 0.3 is 0 Å². The topological polar surface area (TPSA) is 86.8 Å².